The quantitative estimate of drug-likeness (QED) is 0.480. The molecule has 0 bridgehead atoms. The van der Waals surface area contributed by atoms with Gasteiger partial charge in [-0.25, -0.2) is 9.29 Å². The molecule has 0 aromatic heterocycles. The first kappa shape index (κ1) is 22.4. The summed E-state index contributed by atoms with van der Waals surface area (Å²) >= 11 is 6.15. The highest BCUT2D eigenvalue weighted by Gasteiger charge is 2.41. The van der Waals surface area contributed by atoms with E-state index in [1.54, 1.807) is 36.4 Å². The summed E-state index contributed by atoms with van der Waals surface area (Å²) < 4.78 is 24.6. The number of ether oxygens (including phenoxy) is 2. The number of carbonyl (C=O) groups is 2. The molecule has 4 rings (SSSR count). The molecule has 1 N–H and O–H groups in total. The van der Waals surface area contributed by atoms with Crippen LogP contribution in [-0.2, 0) is 9.59 Å². The van der Waals surface area contributed by atoms with Gasteiger partial charge in [0.2, 0.25) is 0 Å². The summed E-state index contributed by atoms with van der Waals surface area (Å²) in [5, 5.41) is 3.40. The Labute approximate surface area is 195 Å². The molecular weight excluding hydrogens is 447 g/mol. The predicted molar refractivity (Wildman–Crippen MR) is 125 cm³/mol. The van der Waals surface area contributed by atoms with Gasteiger partial charge in [0.25, 0.3) is 11.8 Å². The third-order valence-corrected chi connectivity index (χ3v) is 5.28. The van der Waals surface area contributed by atoms with Crippen molar-refractivity contribution in [2.45, 2.75) is 6.92 Å². The fraction of sp³-hybridized carbons (Fsp3) is 0.120. The van der Waals surface area contributed by atoms with E-state index in [9.17, 15) is 14.0 Å². The Balaban J connectivity index is 1.86. The number of hydrogen-bond acceptors (Lipinski definition) is 5. The standard InChI is InChI=1S/C25H20ClFN2O4/c1-3-33-20-7-5-4-6-18(20)28-23-22(15-8-11-17(27)12-9-15)24(30)29(25(23)31)19-14-16(26)10-13-21(19)32-2/h4-14,28H,3H2,1-2H3. The molecule has 0 unspecified atom stereocenters. The summed E-state index contributed by atoms with van der Waals surface area (Å²) in [4.78, 5) is 28.2. The van der Waals surface area contributed by atoms with Gasteiger partial charge in [0.05, 0.1) is 30.7 Å². The van der Waals surface area contributed by atoms with Crippen molar-refractivity contribution in [2.75, 3.05) is 23.9 Å². The number of nitrogens with one attached hydrogen (secondary N) is 1. The number of hydrogen-bond donors (Lipinski definition) is 1. The summed E-state index contributed by atoms with van der Waals surface area (Å²) in [6.45, 7) is 2.26. The molecule has 3 aromatic rings. The van der Waals surface area contributed by atoms with E-state index in [4.69, 9.17) is 21.1 Å². The van der Waals surface area contributed by atoms with Crippen LogP contribution in [0.1, 0.15) is 12.5 Å². The lowest BCUT2D eigenvalue weighted by Crippen LogP contribution is -2.32. The topological polar surface area (TPSA) is 67.9 Å². The van der Waals surface area contributed by atoms with E-state index in [0.29, 0.717) is 34.4 Å². The molecule has 2 amide bonds. The molecule has 8 heteroatoms. The van der Waals surface area contributed by atoms with Crippen molar-refractivity contribution in [3.8, 4) is 11.5 Å². The average Bonchev–Trinajstić information content (AvgIpc) is 3.05. The van der Waals surface area contributed by atoms with Crippen LogP contribution < -0.4 is 19.7 Å². The number of anilines is 2. The number of para-hydroxylation sites is 2. The van der Waals surface area contributed by atoms with Crippen molar-refractivity contribution in [3.63, 3.8) is 0 Å². The summed E-state index contributed by atoms with van der Waals surface area (Å²) in [6, 6.07) is 17.1. The molecule has 0 aliphatic carbocycles. The zero-order valence-corrected chi connectivity index (χ0v) is 18.7. The number of halogens is 2. The second kappa shape index (κ2) is 9.34. The molecule has 6 nitrogen and oxygen atoms in total. The lowest BCUT2D eigenvalue weighted by molar-refractivity contribution is -0.120. The number of methoxy groups -OCH3 is 1. The van der Waals surface area contributed by atoms with E-state index < -0.39 is 17.6 Å². The summed E-state index contributed by atoms with van der Waals surface area (Å²) in [5.41, 5.74) is 1.22. The fourth-order valence-electron chi connectivity index (χ4n) is 3.57. The molecule has 0 spiro atoms. The minimum atomic E-state index is -0.605. The highest BCUT2D eigenvalue weighted by molar-refractivity contribution is 6.46. The van der Waals surface area contributed by atoms with E-state index in [-0.39, 0.29) is 17.0 Å². The number of benzene rings is 3. The van der Waals surface area contributed by atoms with Crippen LogP contribution in [0.3, 0.4) is 0 Å². The lowest BCUT2D eigenvalue weighted by Gasteiger charge is -2.19. The van der Waals surface area contributed by atoms with Gasteiger partial charge in [0.1, 0.15) is 23.0 Å². The Hall–Kier alpha value is -3.84. The third kappa shape index (κ3) is 4.27. The Bertz CT molecular complexity index is 1260. The number of amides is 2. The molecule has 0 saturated heterocycles. The van der Waals surface area contributed by atoms with Crippen molar-refractivity contribution < 1.29 is 23.5 Å². The van der Waals surface area contributed by atoms with E-state index in [1.165, 1.54) is 37.4 Å². The normalized spacial score (nSPS) is 13.5. The predicted octanol–water partition coefficient (Wildman–Crippen LogP) is 5.28. The second-order valence-electron chi connectivity index (χ2n) is 7.07. The van der Waals surface area contributed by atoms with Gasteiger partial charge in [-0.3, -0.25) is 9.59 Å². The van der Waals surface area contributed by atoms with Gasteiger partial charge >= 0.3 is 0 Å². The Morgan fingerprint density at radius 2 is 1.70 bits per heavy atom. The first-order valence-corrected chi connectivity index (χ1v) is 10.5. The zero-order valence-electron chi connectivity index (χ0n) is 17.9. The molecular formula is C25H20ClFN2O4. The number of nitrogens with zero attached hydrogens (tertiary/aromatic N) is 1. The van der Waals surface area contributed by atoms with Gasteiger partial charge in [-0.15, -0.1) is 0 Å². The molecule has 0 saturated carbocycles. The fourth-order valence-corrected chi connectivity index (χ4v) is 3.74. The summed E-state index contributed by atoms with van der Waals surface area (Å²) in [5.74, 6) is -0.837. The maximum atomic E-state index is 13.6. The largest absolute Gasteiger partial charge is 0.495 e. The van der Waals surface area contributed by atoms with Gasteiger partial charge in [-0.05, 0) is 55.0 Å². The third-order valence-electron chi connectivity index (χ3n) is 5.05. The van der Waals surface area contributed by atoms with Gasteiger partial charge in [-0.2, -0.15) is 0 Å². The first-order chi connectivity index (χ1) is 15.9. The molecule has 0 radical (unpaired) electrons. The maximum Gasteiger partial charge on any atom is 0.282 e. The van der Waals surface area contributed by atoms with Crippen LogP contribution in [0, 0.1) is 5.82 Å². The van der Waals surface area contributed by atoms with Gasteiger partial charge in [0, 0.05) is 5.02 Å². The Morgan fingerprint density at radius 1 is 0.970 bits per heavy atom. The van der Waals surface area contributed by atoms with Crippen LogP contribution >= 0.6 is 11.6 Å². The molecule has 0 atom stereocenters. The van der Waals surface area contributed by atoms with Gasteiger partial charge in [0.15, 0.2) is 0 Å². The second-order valence-corrected chi connectivity index (χ2v) is 7.51. The van der Waals surface area contributed by atoms with Crippen LogP contribution in [0.2, 0.25) is 5.02 Å². The van der Waals surface area contributed by atoms with Crippen LogP contribution in [0.4, 0.5) is 15.8 Å². The van der Waals surface area contributed by atoms with Crippen LogP contribution in [0.15, 0.2) is 72.4 Å². The molecule has 1 aliphatic rings. The van der Waals surface area contributed by atoms with E-state index in [1.807, 2.05) is 6.92 Å². The van der Waals surface area contributed by atoms with E-state index in [2.05, 4.69) is 5.32 Å². The Morgan fingerprint density at radius 3 is 2.39 bits per heavy atom. The number of rotatable bonds is 7. The zero-order chi connectivity index (χ0) is 23.5. The summed E-state index contributed by atoms with van der Waals surface area (Å²) in [7, 11) is 1.43. The highest BCUT2D eigenvalue weighted by atomic mass is 35.5. The van der Waals surface area contributed by atoms with Crippen LogP contribution in [0.5, 0.6) is 11.5 Å². The smallest absolute Gasteiger partial charge is 0.282 e. The first-order valence-electron chi connectivity index (χ1n) is 10.2. The van der Waals surface area contributed by atoms with Crippen molar-refractivity contribution in [2.24, 2.45) is 0 Å². The van der Waals surface area contributed by atoms with Crippen molar-refractivity contribution >= 4 is 40.4 Å². The minimum Gasteiger partial charge on any atom is -0.495 e. The molecule has 0 fully saturated rings. The van der Waals surface area contributed by atoms with Crippen molar-refractivity contribution in [3.05, 3.63) is 88.8 Å². The molecule has 3 aromatic carbocycles. The number of carbonyl (C=O) groups excluding carboxylic acids is 2. The number of imide groups is 1. The van der Waals surface area contributed by atoms with Gasteiger partial charge < -0.3 is 14.8 Å². The molecule has 1 aliphatic heterocycles. The average molecular weight is 467 g/mol. The molecule has 1 heterocycles. The summed E-state index contributed by atoms with van der Waals surface area (Å²) in [6.07, 6.45) is 0. The van der Waals surface area contributed by atoms with Crippen LogP contribution in [-0.4, -0.2) is 25.5 Å². The lowest BCUT2D eigenvalue weighted by atomic mass is 10.0. The van der Waals surface area contributed by atoms with Gasteiger partial charge in [-0.1, -0.05) is 35.9 Å². The minimum absolute atomic E-state index is 0.0285. The molecule has 33 heavy (non-hydrogen) atoms. The van der Waals surface area contributed by atoms with E-state index in [0.717, 1.165) is 4.90 Å². The Kier molecular flexibility index (Phi) is 6.33. The van der Waals surface area contributed by atoms with Crippen molar-refractivity contribution in [1.29, 1.82) is 0 Å². The SMILES string of the molecule is CCOc1ccccc1NC1=C(c2ccc(F)cc2)C(=O)N(c2cc(Cl)ccc2OC)C1=O. The highest BCUT2D eigenvalue weighted by Crippen LogP contribution is 2.40. The van der Waals surface area contributed by atoms with E-state index >= 15 is 0 Å². The molecule has 168 valence electrons. The maximum absolute atomic E-state index is 13.6. The van der Waals surface area contributed by atoms with Crippen LogP contribution in [0.25, 0.3) is 5.57 Å². The van der Waals surface area contributed by atoms with Crippen molar-refractivity contribution in [1.82, 2.24) is 0 Å². The monoisotopic (exact) mass is 466 g/mol.